The Hall–Kier alpha value is -1.52. The van der Waals surface area contributed by atoms with Crippen molar-refractivity contribution in [3.05, 3.63) is 11.6 Å². The number of carboxylic acid groups (broad SMARTS) is 1. The molecule has 0 saturated carbocycles. The quantitative estimate of drug-likeness (QED) is 0.731. The van der Waals surface area contributed by atoms with Gasteiger partial charge < -0.3 is 15.3 Å². The van der Waals surface area contributed by atoms with Crippen molar-refractivity contribution >= 4 is 12.0 Å². The Morgan fingerprint density at radius 2 is 2.29 bits per heavy atom. The lowest BCUT2D eigenvalue weighted by molar-refractivity contribution is -0.137. The molecule has 0 aliphatic carbocycles. The fourth-order valence-electron chi connectivity index (χ4n) is 1.83. The molecule has 0 saturated heterocycles. The molecule has 5 heteroatoms. The van der Waals surface area contributed by atoms with E-state index >= 15 is 0 Å². The van der Waals surface area contributed by atoms with E-state index < -0.39 is 5.97 Å². The highest BCUT2D eigenvalue weighted by Crippen LogP contribution is 2.08. The predicted molar refractivity (Wildman–Crippen MR) is 64.8 cm³/mol. The number of hydrogen-bond acceptors (Lipinski definition) is 2. The van der Waals surface area contributed by atoms with Crippen LogP contribution in [0.3, 0.4) is 0 Å². The van der Waals surface area contributed by atoms with E-state index in [-0.39, 0.29) is 18.4 Å². The smallest absolute Gasteiger partial charge is 0.317 e. The highest BCUT2D eigenvalue weighted by Gasteiger charge is 2.17. The van der Waals surface area contributed by atoms with Gasteiger partial charge in [0.2, 0.25) is 0 Å². The predicted octanol–water partition coefficient (Wildman–Crippen LogP) is 1.46. The molecule has 5 nitrogen and oxygen atoms in total. The van der Waals surface area contributed by atoms with Crippen LogP contribution >= 0.6 is 0 Å². The summed E-state index contributed by atoms with van der Waals surface area (Å²) in [5, 5.41) is 11.4. The molecule has 2 N–H and O–H groups in total. The number of carboxylic acids is 1. The molecule has 0 aromatic carbocycles. The van der Waals surface area contributed by atoms with Crippen LogP contribution in [0.2, 0.25) is 0 Å². The van der Waals surface area contributed by atoms with Crippen molar-refractivity contribution in [1.29, 1.82) is 0 Å². The van der Waals surface area contributed by atoms with Crippen LogP contribution < -0.4 is 5.32 Å². The van der Waals surface area contributed by atoms with Gasteiger partial charge in [-0.05, 0) is 19.3 Å². The average molecular weight is 240 g/mol. The summed E-state index contributed by atoms with van der Waals surface area (Å²) in [7, 11) is 0. The first-order valence-electron chi connectivity index (χ1n) is 5.89. The topological polar surface area (TPSA) is 69.6 Å². The van der Waals surface area contributed by atoms with Crippen molar-refractivity contribution in [2.45, 2.75) is 26.7 Å². The summed E-state index contributed by atoms with van der Waals surface area (Å²) in [4.78, 5) is 24.0. The van der Waals surface area contributed by atoms with Crippen molar-refractivity contribution < 1.29 is 14.7 Å². The summed E-state index contributed by atoms with van der Waals surface area (Å²) in [6.07, 6.45) is 3.11. The van der Waals surface area contributed by atoms with Gasteiger partial charge in [0, 0.05) is 26.1 Å². The third-order valence-corrected chi connectivity index (χ3v) is 2.74. The van der Waals surface area contributed by atoms with Crippen molar-refractivity contribution in [2.24, 2.45) is 5.92 Å². The lowest BCUT2D eigenvalue weighted by Gasteiger charge is -2.26. The zero-order valence-corrected chi connectivity index (χ0v) is 10.4. The molecule has 17 heavy (non-hydrogen) atoms. The number of aliphatic carboxylic acids is 1. The fourth-order valence-corrected chi connectivity index (χ4v) is 1.83. The minimum absolute atomic E-state index is 0.0436. The van der Waals surface area contributed by atoms with E-state index in [1.165, 1.54) is 5.57 Å². The Bertz CT molecular complexity index is 326. The first-order chi connectivity index (χ1) is 7.99. The van der Waals surface area contributed by atoms with E-state index in [4.69, 9.17) is 5.11 Å². The Kier molecular flexibility index (Phi) is 5.00. The number of nitrogens with one attached hydrogen (secondary N) is 1. The molecule has 0 spiro atoms. The first kappa shape index (κ1) is 13.5. The largest absolute Gasteiger partial charge is 0.481 e. The van der Waals surface area contributed by atoms with Gasteiger partial charge in [0.1, 0.15) is 0 Å². The molecule has 0 fully saturated rings. The number of carbonyl (C=O) groups excluding carboxylic acids is 1. The molecule has 1 rings (SSSR count). The third-order valence-electron chi connectivity index (χ3n) is 2.74. The molecule has 0 bridgehead atoms. The molecule has 1 atom stereocenters. The maximum absolute atomic E-state index is 11.8. The summed E-state index contributed by atoms with van der Waals surface area (Å²) in [5.41, 5.74) is 1.20. The molecule has 0 aromatic heterocycles. The van der Waals surface area contributed by atoms with E-state index in [0.29, 0.717) is 13.1 Å². The Balaban J connectivity index is 2.30. The van der Waals surface area contributed by atoms with Crippen LogP contribution in [-0.4, -0.2) is 41.6 Å². The summed E-state index contributed by atoms with van der Waals surface area (Å²) >= 11 is 0. The summed E-state index contributed by atoms with van der Waals surface area (Å²) in [5.74, 6) is -0.874. The Morgan fingerprint density at radius 1 is 1.59 bits per heavy atom. The molecular weight excluding hydrogens is 220 g/mol. The standard InChI is InChI=1S/C12H20N2O3/c1-9-4-3-5-14(8-9)12(17)13-7-10(2)6-11(15)16/h4,10H,3,5-8H2,1-2H3,(H,13,17)(H,15,16). The van der Waals surface area contributed by atoms with Gasteiger partial charge in [-0.25, -0.2) is 4.79 Å². The van der Waals surface area contributed by atoms with Crippen molar-refractivity contribution in [3.8, 4) is 0 Å². The van der Waals surface area contributed by atoms with Crippen LogP contribution in [0.25, 0.3) is 0 Å². The average Bonchev–Trinajstić information content (AvgIpc) is 2.25. The number of hydrogen-bond donors (Lipinski definition) is 2. The van der Waals surface area contributed by atoms with E-state index in [1.807, 2.05) is 13.8 Å². The summed E-state index contributed by atoms with van der Waals surface area (Å²) in [6, 6.07) is -0.102. The van der Waals surface area contributed by atoms with E-state index in [9.17, 15) is 9.59 Å². The maximum atomic E-state index is 11.8. The number of amides is 2. The molecule has 1 heterocycles. The molecular formula is C12H20N2O3. The van der Waals surface area contributed by atoms with Crippen LogP contribution in [0, 0.1) is 5.92 Å². The lowest BCUT2D eigenvalue weighted by atomic mass is 10.1. The SMILES string of the molecule is CC1=CCCN(C(=O)NCC(C)CC(=O)O)C1. The van der Waals surface area contributed by atoms with Gasteiger partial charge in [0.25, 0.3) is 0 Å². The summed E-state index contributed by atoms with van der Waals surface area (Å²) in [6.45, 7) is 5.63. The van der Waals surface area contributed by atoms with Gasteiger partial charge in [-0.2, -0.15) is 0 Å². The van der Waals surface area contributed by atoms with Crippen molar-refractivity contribution in [1.82, 2.24) is 10.2 Å². The first-order valence-corrected chi connectivity index (χ1v) is 5.89. The third kappa shape index (κ3) is 4.89. The highest BCUT2D eigenvalue weighted by atomic mass is 16.4. The van der Waals surface area contributed by atoms with Crippen molar-refractivity contribution in [3.63, 3.8) is 0 Å². The molecule has 1 aliphatic heterocycles. The molecule has 0 radical (unpaired) electrons. The minimum atomic E-state index is -0.830. The van der Waals surface area contributed by atoms with Gasteiger partial charge in [-0.1, -0.05) is 18.6 Å². The highest BCUT2D eigenvalue weighted by molar-refractivity contribution is 5.74. The molecule has 96 valence electrons. The van der Waals surface area contributed by atoms with Crippen LogP contribution in [0.5, 0.6) is 0 Å². The zero-order valence-electron chi connectivity index (χ0n) is 10.4. The maximum Gasteiger partial charge on any atom is 0.317 e. The van der Waals surface area contributed by atoms with Gasteiger partial charge in [-0.3, -0.25) is 4.79 Å². The fraction of sp³-hybridized carbons (Fsp3) is 0.667. The van der Waals surface area contributed by atoms with Crippen LogP contribution in [0.15, 0.2) is 11.6 Å². The van der Waals surface area contributed by atoms with Crippen LogP contribution in [0.4, 0.5) is 4.79 Å². The van der Waals surface area contributed by atoms with Crippen molar-refractivity contribution in [2.75, 3.05) is 19.6 Å². The Morgan fingerprint density at radius 3 is 2.88 bits per heavy atom. The van der Waals surface area contributed by atoms with Crippen LogP contribution in [-0.2, 0) is 4.79 Å². The minimum Gasteiger partial charge on any atom is -0.481 e. The summed E-state index contributed by atoms with van der Waals surface area (Å²) < 4.78 is 0. The molecule has 2 amide bonds. The van der Waals surface area contributed by atoms with Gasteiger partial charge in [0.05, 0.1) is 0 Å². The van der Waals surface area contributed by atoms with E-state index in [0.717, 1.165) is 13.0 Å². The number of nitrogens with zero attached hydrogens (tertiary/aromatic N) is 1. The zero-order chi connectivity index (χ0) is 12.8. The Labute approximate surface area is 101 Å². The second kappa shape index (κ2) is 6.27. The normalized spacial score (nSPS) is 17.3. The number of urea groups is 1. The lowest BCUT2D eigenvalue weighted by Crippen LogP contribution is -2.44. The van der Waals surface area contributed by atoms with Gasteiger partial charge in [0.15, 0.2) is 0 Å². The molecule has 1 aliphatic rings. The number of carbonyl (C=O) groups is 2. The van der Waals surface area contributed by atoms with Crippen LogP contribution in [0.1, 0.15) is 26.7 Å². The monoisotopic (exact) mass is 240 g/mol. The number of rotatable bonds is 4. The second-order valence-corrected chi connectivity index (χ2v) is 4.65. The van der Waals surface area contributed by atoms with Gasteiger partial charge in [-0.15, -0.1) is 0 Å². The molecule has 0 aromatic rings. The van der Waals surface area contributed by atoms with E-state index in [2.05, 4.69) is 11.4 Å². The van der Waals surface area contributed by atoms with Gasteiger partial charge >= 0.3 is 12.0 Å². The van der Waals surface area contributed by atoms with E-state index in [1.54, 1.807) is 4.90 Å². The second-order valence-electron chi connectivity index (χ2n) is 4.65. The molecule has 1 unspecified atom stereocenters.